The van der Waals surface area contributed by atoms with Crippen molar-refractivity contribution in [1.82, 2.24) is 19.9 Å². The zero-order chi connectivity index (χ0) is 23.9. The van der Waals surface area contributed by atoms with E-state index in [1.165, 1.54) is 6.20 Å². The predicted molar refractivity (Wildman–Crippen MR) is 135 cm³/mol. The Morgan fingerprint density at radius 3 is 2.94 bits per heavy atom. The van der Waals surface area contributed by atoms with E-state index in [4.69, 9.17) is 26.1 Å². The molecule has 3 aliphatic heterocycles. The Hall–Kier alpha value is -1.37. The third kappa shape index (κ3) is 3.35. The van der Waals surface area contributed by atoms with E-state index in [0.717, 1.165) is 37.7 Å². The Labute approximate surface area is 220 Å². The van der Waals surface area contributed by atoms with Gasteiger partial charge in [-0.15, -0.1) is 0 Å². The number of anilines is 1. The maximum Gasteiger partial charge on any atom is 0.319 e. The molecule has 0 N–H and O–H groups in total. The fourth-order valence-electron chi connectivity index (χ4n) is 6.73. The maximum atomic E-state index is 15.1. The summed E-state index contributed by atoms with van der Waals surface area (Å²) in [5.74, 6) is 0.331. The van der Waals surface area contributed by atoms with Crippen molar-refractivity contribution in [3.05, 3.63) is 29.1 Å². The molecule has 11 heteroatoms. The predicted octanol–water partition coefficient (Wildman–Crippen LogP) is 4.32. The van der Waals surface area contributed by atoms with E-state index in [2.05, 4.69) is 42.4 Å². The lowest BCUT2D eigenvalue weighted by molar-refractivity contribution is 0.0649. The minimum atomic E-state index is -0.676. The molecular formula is C24H25ClF2IN5O2. The van der Waals surface area contributed by atoms with Crippen LogP contribution in [0.2, 0.25) is 5.15 Å². The van der Waals surface area contributed by atoms with Gasteiger partial charge in [-0.1, -0.05) is 34.2 Å². The molecule has 2 aliphatic carbocycles. The van der Waals surface area contributed by atoms with Gasteiger partial charge in [0.15, 0.2) is 11.0 Å². The molecule has 35 heavy (non-hydrogen) atoms. The van der Waals surface area contributed by atoms with Crippen LogP contribution in [-0.2, 0) is 4.74 Å². The Morgan fingerprint density at radius 2 is 2.14 bits per heavy atom. The number of aromatic nitrogens is 3. The second kappa shape index (κ2) is 8.06. The molecule has 186 valence electrons. The topological polar surface area (TPSA) is 63.6 Å². The van der Waals surface area contributed by atoms with Crippen molar-refractivity contribution in [2.24, 2.45) is 11.3 Å². The van der Waals surface area contributed by atoms with Gasteiger partial charge in [0, 0.05) is 35.2 Å². The molecule has 5 fully saturated rings. The Bertz CT molecular complexity index is 1250. The van der Waals surface area contributed by atoms with Gasteiger partial charge in [-0.05, 0) is 43.2 Å². The van der Waals surface area contributed by atoms with Crippen molar-refractivity contribution in [2.45, 2.75) is 41.2 Å². The van der Waals surface area contributed by atoms with Crippen LogP contribution in [0.1, 0.15) is 25.7 Å². The summed E-state index contributed by atoms with van der Waals surface area (Å²) in [6, 6.07) is 0.379. The number of halogens is 4. The molecule has 2 aromatic heterocycles. The third-order valence-electron chi connectivity index (χ3n) is 8.87. The Balaban J connectivity index is 1.28. The summed E-state index contributed by atoms with van der Waals surface area (Å²) >= 11 is 8.47. The Kier molecular flexibility index (Phi) is 5.25. The monoisotopic (exact) mass is 615 g/mol. The van der Waals surface area contributed by atoms with Gasteiger partial charge < -0.3 is 14.4 Å². The third-order valence-corrected chi connectivity index (χ3v) is 10.8. The summed E-state index contributed by atoms with van der Waals surface area (Å²) < 4.78 is 41.2. The summed E-state index contributed by atoms with van der Waals surface area (Å²) in [6.45, 7) is 3.84. The molecule has 7 rings (SSSR count). The van der Waals surface area contributed by atoms with Crippen LogP contribution in [0.3, 0.4) is 0 Å². The molecule has 2 aromatic rings. The highest BCUT2D eigenvalue weighted by Gasteiger charge is 2.67. The molecule has 2 saturated carbocycles. The fraction of sp³-hybridized carbons (Fsp3) is 0.625. The quantitative estimate of drug-likeness (QED) is 0.289. The second-order valence-corrected chi connectivity index (χ2v) is 12.3. The summed E-state index contributed by atoms with van der Waals surface area (Å²) in [5.41, 5.74) is 0.813. The summed E-state index contributed by atoms with van der Waals surface area (Å²) in [4.78, 5) is 17.8. The normalized spacial score (nSPS) is 34.3. The van der Waals surface area contributed by atoms with E-state index in [1.54, 1.807) is 0 Å². The van der Waals surface area contributed by atoms with Gasteiger partial charge in [0.1, 0.15) is 17.9 Å². The number of nitrogens with zero attached hydrogens (tertiary/aromatic N) is 5. The standard InChI is InChI=1S/C24H25ClF2IN5O2/c25-20-16(27)18-14(9-29-20)21(33-5-6-34-11-15-17(28)19(15)33)31-22(30-18)35-12-24-7-13(8-26)10-32(24)4-3-23(24)1-2-23/h8-9,15,17,19H,1-7,10-12H2/b13-8-/t15-,17-,19-,24?/m0/s1. The maximum absolute atomic E-state index is 15.1. The van der Waals surface area contributed by atoms with Crippen LogP contribution in [0.15, 0.2) is 18.1 Å². The minimum absolute atomic E-state index is 0.107. The molecule has 1 spiro atoms. The lowest BCUT2D eigenvalue weighted by Crippen LogP contribution is -2.49. The number of pyridine rings is 1. The van der Waals surface area contributed by atoms with Gasteiger partial charge in [-0.25, -0.2) is 13.8 Å². The van der Waals surface area contributed by atoms with Crippen LogP contribution in [-0.4, -0.2) is 74.8 Å². The highest BCUT2D eigenvalue weighted by Crippen LogP contribution is 2.66. The lowest BCUT2D eigenvalue weighted by atomic mass is 9.80. The average molecular weight is 616 g/mol. The summed E-state index contributed by atoms with van der Waals surface area (Å²) in [7, 11) is 0. The molecule has 5 aliphatic rings. The largest absolute Gasteiger partial charge is 0.461 e. The lowest BCUT2D eigenvalue weighted by Gasteiger charge is -2.36. The van der Waals surface area contributed by atoms with E-state index in [0.29, 0.717) is 60.4 Å². The molecule has 0 amide bonds. The van der Waals surface area contributed by atoms with Crippen molar-refractivity contribution < 1.29 is 18.3 Å². The van der Waals surface area contributed by atoms with Gasteiger partial charge in [0.25, 0.3) is 0 Å². The van der Waals surface area contributed by atoms with Crippen molar-refractivity contribution in [3.8, 4) is 6.01 Å². The van der Waals surface area contributed by atoms with E-state index in [1.807, 2.05) is 0 Å². The SMILES string of the molecule is F/C=C1\CN2CCC3(CC3)C2(COc2nc(N3CCOC[C@H]4[C@H](I)[C@H]43)c3cnc(Cl)c(F)c3n2)C1. The molecule has 3 saturated heterocycles. The zero-order valence-electron chi connectivity index (χ0n) is 19.0. The smallest absolute Gasteiger partial charge is 0.319 e. The van der Waals surface area contributed by atoms with E-state index >= 15 is 4.39 Å². The van der Waals surface area contributed by atoms with Crippen LogP contribution < -0.4 is 9.64 Å². The number of alkyl halides is 1. The van der Waals surface area contributed by atoms with E-state index in [-0.39, 0.29) is 33.7 Å². The number of hydrogen-bond donors (Lipinski definition) is 0. The van der Waals surface area contributed by atoms with E-state index in [9.17, 15) is 4.39 Å². The number of rotatable bonds is 4. The average Bonchev–Trinajstić information content (AvgIpc) is 3.73. The van der Waals surface area contributed by atoms with Crippen LogP contribution in [0, 0.1) is 17.2 Å². The van der Waals surface area contributed by atoms with Crippen molar-refractivity contribution >= 4 is 50.9 Å². The number of ether oxygens (including phenoxy) is 2. The van der Waals surface area contributed by atoms with E-state index < -0.39 is 5.82 Å². The second-order valence-electron chi connectivity index (χ2n) is 10.5. The van der Waals surface area contributed by atoms with Gasteiger partial charge in [0.05, 0.1) is 30.5 Å². The Morgan fingerprint density at radius 1 is 1.29 bits per heavy atom. The van der Waals surface area contributed by atoms with Crippen LogP contribution in [0.5, 0.6) is 6.01 Å². The first-order chi connectivity index (χ1) is 17.0. The molecular weight excluding hydrogens is 591 g/mol. The van der Waals surface area contributed by atoms with Crippen LogP contribution >= 0.6 is 34.2 Å². The molecule has 5 heterocycles. The van der Waals surface area contributed by atoms with Gasteiger partial charge in [0.2, 0.25) is 0 Å². The van der Waals surface area contributed by atoms with Crippen molar-refractivity contribution in [1.29, 1.82) is 0 Å². The van der Waals surface area contributed by atoms with Gasteiger partial charge >= 0.3 is 6.01 Å². The first-order valence-electron chi connectivity index (χ1n) is 12.1. The molecule has 7 nitrogen and oxygen atoms in total. The molecule has 0 aromatic carbocycles. The molecule has 0 radical (unpaired) electrons. The highest BCUT2D eigenvalue weighted by molar-refractivity contribution is 14.1. The zero-order valence-corrected chi connectivity index (χ0v) is 21.9. The van der Waals surface area contributed by atoms with Crippen molar-refractivity contribution in [3.63, 3.8) is 0 Å². The summed E-state index contributed by atoms with van der Waals surface area (Å²) in [5, 5.41) is 0.285. The fourth-order valence-corrected chi connectivity index (χ4v) is 8.18. The molecule has 0 bridgehead atoms. The molecule has 1 unspecified atom stereocenters. The van der Waals surface area contributed by atoms with Crippen LogP contribution in [0.25, 0.3) is 10.9 Å². The molecule has 4 atom stereocenters. The van der Waals surface area contributed by atoms with Gasteiger partial charge in [-0.3, -0.25) is 4.90 Å². The highest BCUT2D eigenvalue weighted by atomic mass is 127. The van der Waals surface area contributed by atoms with Gasteiger partial charge in [-0.2, -0.15) is 9.97 Å². The number of fused-ring (bicyclic) bond motifs is 4. The summed E-state index contributed by atoms with van der Waals surface area (Å²) in [6.07, 6.45) is 6.29. The first-order valence-corrected chi connectivity index (χ1v) is 13.7. The number of hydrogen-bond acceptors (Lipinski definition) is 7. The first kappa shape index (κ1) is 22.8. The van der Waals surface area contributed by atoms with Crippen LogP contribution in [0.4, 0.5) is 14.6 Å². The van der Waals surface area contributed by atoms with Crippen molar-refractivity contribution in [2.75, 3.05) is 44.4 Å². The minimum Gasteiger partial charge on any atom is -0.461 e.